The smallest absolute Gasteiger partial charge is 0.318 e. The Morgan fingerprint density at radius 1 is 1.19 bits per heavy atom. The van der Waals surface area contributed by atoms with Gasteiger partial charge in [-0.2, -0.15) is 9.97 Å². The Balaban J connectivity index is 1.54. The minimum atomic E-state index is -0.778. The van der Waals surface area contributed by atoms with Gasteiger partial charge in [0.2, 0.25) is 5.88 Å². The quantitative estimate of drug-likeness (QED) is 0.403. The number of methoxy groups -OCH3 is 1. The van der Waals surface area contributed by atoms with E-state index in [1.54, 1.807) is 0 Å². The van der Waals surface area contributed by atoms with Gasteiger partial charge >= 0.3 is 6.01 Å². The van der Waals surface area contributed by atoms with Gasteiger partial charge in [0.05, 0.1) is 18.7 Å². The molecule has 0 amide bonds. The maximum absolute atomic E-state index is 16.4. The van der Waals surface area contributed by atoms with E-state index in [4.69, 9.17) is 15.9 Å². The summed E-state index contributed by atoms with van der Waals surface area (Å²) in [5, 5.41) is 15.1. The topological polar surface area (TPSA) is 92.6 Å². The number of halogens is 2. The van der Waals surface area contributed by atoms with E-state index < -0.39 is 11.6 Å². The van der Waals surface area contributed by atoms with E-state index in [9.17, 15) is 9.50 Å². The standard InChI is InChI=1S/C27H21F2N5O3/c1-3-15-17(28)6-4-12-8-14(35)9-16(20(12)15)23-22(29)24-21-25(33-27(32-24)36-2)34-10-13-5-7-18(30-13)19(34)11-37-26(21)31-23/h1,4,6,8-9,13,18-19,30,35H,5,7,10-11H2,2H3/t13-,18+,19-/m1/s1. The Morgan fingerprint density at radius 2 is 2.05 bits per heavy atom. The predicted octanol–water partition coefficient (Wildman–Crippen LogP) is 3.52. The summed E-state index contributed by atoms with van der Waals surface area (Å²) in [5.41, 5.74) is -0.135. The van der Waals surface area contributed by atoms with Crippen molar-refractivity contribution in [2.75, 3.05) is 25.2 Å². The minimum Gasteiger partial charge on any atom is -0.508 e. The Labute approximate surface area is 210 Å². The van der Waals surface area contributed by atoms with Gasteiger partial charge in [0, 0.05) is 29.6 Å². The minimum absolute atomic E-state index is 0.00662. The summed E-state index contributed by atoms with van der Waals surface area (Å²) >= 11 is 0. The van der Waals surface area contributed by atoms with Crippen LogP contribution in [0.5, 0.6) is 17.6 Å². The van der Waals surface area contributed by atoms with Crippen molar-refractivity contribution in [3.8, 4) is 41.2 Å². The number of piperazine rings is 1. The lowest BCUT2D eigenvalue weighted by atomic mass is 9.95. The molecule has 4 aromatic rings. The molecular weight excluding hydrogens is 480 g/mol. The van der Waals surface area contributed by atoms with E-state index in [-0.39, 0.29) is 57.4 Å². The molecule has 2 saturated heterocycles. The lowest BCUT2D eigenvalue weighted by molar-refractivity contribution is 0.238. The van der Waals surface area contributed by atoms with E-state index >= 15 is 4.39 Å². The number of aromatic nitrogens is 3. The molecular formula is C27H21F2N5O3. The van der Waals surface area contributed by atoms with E-state index in [1.165, 1.54) is 31.4 Å². The number of phenols is 1. The van der Waals surface area contributed by atoms with Crippen molar-refractivity contribution in [3.63, 3.8) is 0 Å². The van der Waals surface area contributed by atoms with Crippen molar-refractivity contribution in [1.82, 2.24) is 20.3 Å². The first kappa shape index (κ1) is 22.0. The number of anilines is 1. The number of rotatable bonds is 2. The molecule has 0 saturated carbocycles. The number of benzene rings is 2. The normalized spacial score (nSPS) is 21.9. The number of phenolic OH excluding ortho intramolecular Hbond substituents is 1. The van der Waals surface area contributed by atoms with E-state index in [2.05, 4.69) is 31.1 Å². The van der Waals surface area contributed by atoms with Crippen LogP contribution in [0.1, 0.15) is 18.4 Å². The SMILES string of the molecule is C#Cc1c(F)ccc2cc(O)cc(-c3nc4c5c(nc(OC)nc5c3F)N3C[C@H]5CC[C@H](N5)[C@H]3CO4)c12. The van der Waals surface area contributed by atoms with Crippen molar-refractivity contribution >= 4 is 27.5 Å². The number of hydrogen-bond acceptors (Lipinski definition) is 8. The fourth-order valence-corrected chi connectivity index (χ4v) is 5.94. The predicted molar refractivity (Wildman–Crippen MR) is 133 cm³/mol. The van der Waals surface area contributed by atoms with Crippen LogP contribution in [-0.2, 0) is 0 Å². The van der Waals surface area contributed by atoms with Crippen LogP contribution >= 0.6 is 0 Å². The summed E-state index contributed by atoms with van der Waals surface area (Å²) in [6.45, 7) is 0.992. The molecule has 0 radical (unpaired) electrons. The van der Waals surface area contributed by atoms with Crippen LogP contribution in [0, 0.1) is 24.0 Å². The van der Waals surface area contributed by atoms with Gasteiger partial charge in [0.1, 0.15) is 40.6 Å². The Morgan fingerprint density at radius 3 is 2.86 bits per heavy atom. The maximum Gasteiger partial charge on any atom is 0.318 e. The molecule has 3 aliphatic heterocycles. The van der Waals surface area contributed by atoms with Crippen LogP contribution in [0.3, 0.4) is 0 Å². The third-order valence-electron chi connectivity index (χ3n) is 7.57. The molecule has 2 N–H and O–H groups in total. The van der Waals surface area contributed by atoms with Crippen molar-refractivity contribution in [3.05, 3.63) is 41.5 Å². The summed E-state index contributed by atoms with van der Waals surface area (Å²) in [6, 6.07) is 5.91. The molecule has 2 bridgehead atoms. The first-order valence-corrected chi connectivity index (χ1v) is 12.0. The van der Waals surface area contributed by atoms with Gasteiger partial charge in [-0.1, -0.05) is 12.0 Å². The van der Waals surface area contributed by atoms with Crippen LogP contribution < -0.4 is 19.7 Å². The van der Waals surface area contributed by atoms with Gasteiger partial charge < -0.3 is 24.8 Å². The lowest BCUT2D eigenvalue weighted by Gasteiger charge is -2.40. The monoisotopic (exact) mass is 501 g/mol. The second-order valence-electron chi connectivity index (χ2n) is 9.57. The number of nitrogens with one attached hydrogen (secondary N) is 1. The second-order valence-corrected chi connectivity index (χ2v) is 9.57. The fourth-order valence-electron chi connectivity index (χ4n) is 5.94. The largest absolute Gasteiger partial charge is 0.508 e. The van der Waals surface area contributed by atoms with Gasteiger partial charge in [0.15, 0.2) is 5.82 Å². The number of fused-ring (bicyclic) bond motifs is 6. The molecule has 10 heteroatoms. The molecule has 2 aromatic heterocycles. The molecule has 3 atom stereocenters. The molecule has 5 heterocycles. The van der Waals surface area contributed by atoms with E-state index in [0.29, 0.717) is 35.8 Å². The van der Waals surface area contributed by atoms with Crippen LogP contribution in [-0.4, -0.2) is 58.4 Å². The number of pyridine rings is 1. The first-order valence-electron chi connectivity index (χ1n) is 12.0. The Hall–Kier alpha value is -4.23. The Bertz CT molecular complexity index is 1670. The molecule has 37 heavy (non-hydrogen) atoms. The summed E-state index contributed by atoms with van der Waals surface area (Å²) in [7, 11) is 1.42. The zero-order valence-electron chi connectivity index (χ0n) is 19.8. The number of terminal acetylenes is 1. The van der Waals surface area contributed by atoms with Crippen molar-refractivity contribution in [2.24, 2.45) is 0 Å². The Kier molecular flexibility index (Phi) is 4.69. The molecule has 0 unspecified atom stereocenters. The third kappa shape index (κ3) is 3.13. The van der Waals surface area contributed by atoms with Crippen LogP contribution in [0.15, 0.2) is 24.3 Å². The number of hydrogen-bond donors (Lipinski definition) is 2. The van der Waals surface area contributed by atoms with Gasteiger partial charge in [-0.05, 0) is 36.4 Å². The molecule has 7 rings (SSSR count). The molecule has 3 aliphatic rings. The summed E-state index contributed by atoms with van der Waals surface area (Å²) in [4.78, 5) is 15.6. The van der Waals surface area contributed by atoms with Crippen LogP contribution in [0.25, 0.3) is 32.9 Å². The van der Waals surface area contributed by atoms with Crippen molar-refractivity contribution in [1.29, 1.82) is 0 Å². The zero-order valence-corrected chi connectivity index (χ0v) is 19.8. The van der Waals surface area contributed by atoms with E-state index in [1.807, 2.05) is 0 Å². The maximum atomic E-state index is 16.4. The first-order chi connectivity index (χ1) is 18.0. The number of ether oxygens (including phenoxy) is 2. The molecule has 8 nitrogen and oxygen atoms in total. The number of aromatic hydroxyl groups is 1. The summed E-state index contributed by atoms with van der Waals surface area (Å²) < 4.78 is 42.6. The highest BCUT2D eigenvalue weighted by molar-refractivity contribution is 6.04. The van der Waals surface area contributed by atoms with Gasteiger partial charge in [0.25, 0.3) is 0 Å². The molecule has 186 valence electrons. The number of nitrogens with zero attached hydrogens (tertiary/aromatic N) is 4. The highest BCUT2D eigenvalue weighted by atomic mass is 19.1. The van der Waals surface area contributed by atoms with Gasteiger partial charge in [-0.25, -0.2) is 13.8 Å². The molecule has 2 aromatic carbocycles. The average Bonchev–Trinajstić information content (AvgIpc) is 3.21. The molecule has 0 spiro atoms. The van der Waals surface area contributed by atoms with Gasteiger partial charge in [-0.3, -0.25) is 0 Å². The second kappa shape index (κ2) is 7.88. The fraction of sp³-hybridized carbons (Fsp3) is 0.296. The van der Waals surface area contributed by atoms with Gasteiger partial charge in [-0.15, -0.1) is 6.42 Å². The summed E-state index contributed by atoms with van der Waals surface area (Å²) in [6.07, 6.45) is 7.67. The van der Waals surface area contributed by atoms with Crippen molar-refractivity contribution < 1.29 is 23.4 Å². The van der Waals surface area contributed by atoms with Crippen LogP contribution in [0.4, 0.5) is 14.6 Å². The molecule has 0 aliphatic carbocycles. The summed E-state index contributed by atoms with van der Waals surface area (Å²) in [5.74, 6) is 1.46. The highest BCUT2D eigenvalue weighted by Gasteiger charge is 2.44. The van der Waals surface area contributed by atoms with Crippen molar-refractivity contribution in [2.45, 2.75) is 31.0 Å². The van der Waals surface area contributed by atoms with E-state index in [0.717, 1.165) is 12.8 Å². The molecule has 2 fully saturated rings. The van der Waals surface area contributed by atoms with Crippen LogP contribution in [0.2, 0.25) is 0 Å². The highest BCUT2D eigenvalue weighted by Crippen LogP contribution is 2.44. The third-order valence-corrected chi connectivity index (χ3v) is 7.57. The lowest BCUT2D eigenvalue weighted by Crippen LogP contribution is -2.60. The average molecular weight is 501 g/mol. The zero-order chi connectivity index (χ0) is 25.4.